The number of allylic oxidation sites excluding steroid dienone is 10. The number of nitrogens with zero attached hydrogens (tertiary/aromatic N) is 1. The van der Waals surface area contributed by atoms with Crippen LogP contribution in [0.2, 0.25) is 0 Å². The average Bonchev–Trinajstić information content (AvgIpc) is 3.12. The molecule has 9 nitrogen and oxygen atoms in total. The topological polar surface area (TPSA) is 111 Å². The number of rotatable bonds is 37. The van der Waals surface area contributed by atoms with Crippen molar-refractivity contribution in [3.63, 3.8) is 0 Å². The summed E-state index contributed by atoms with van der Waals surface area (Å²) in [5, 5.41) is 0. The monoisotopic (exact) mass is 780 g/mol. The van der Waals surface area contributed by atoms with E-state index in [1.165, 1.54) is 12.8 Å². The fourth-order valence-electron chi connectivity index (χ4n) is 5.21. The second-order valence-electron chi connectivity index (χ2n) is 15.0. The number of unbranched alkanes of at least 4 members (excludes halogenated alkanes) is 13. The lowest BCUT2D eigenvalue weighted by Crippen LogP contribution is -2.37. The van der Waals surface area contributed by atoms with Crippen LogP contribution in [0.1, 0.15) is 155 Å². The highest BCUT2D eigenvalue weighted by atomic mass is 31.2. The van der Waals surface area contributed by atoms with Gasteiger partial charge >= 0.3 is 11.9 Å². The molecule has 0 rings (SSSR count). The predicted octanol–water partition coefficient (Wildman–Crippen LogP) is 11.1. The van der Waals surface area contributed by atoms with Crippen LogP contribution < -0.4 is 4.89 Å². The van der Waals surface area contributed by atoms with Crippen molar-refractivity contribution in [2.24, 2.45) is 0 Å². The largest absolute Gasteiger partial charge is 0.756 e. The number of hydrogen-bond donors (Lipinski definition) is 0. The molecule has 0 aliphatic rings. The van der Waals surface area contributed by atoms with Gasteiger partial charge in [0.25, 0.3) is 7.82 Å². The molecule has 0 saturated heterocycles. The molecule has 0 aromatic rings. The molecule has 0 aromatic heterocycles. The molecule has 0 aliphatic carbocycles. The summed E-state index contributed by atoms with van der Waals surface area (Å²) < 4.78 is 33.8. The average molecular weight is 780 g/mol. The Balaban J connectivity index is 4.41. The Labute approximate surface area is 330 Å². The molecule has 2 unspecified atom stereocenters. The lowest BCUT2D eigenvalue weighted by molar-refractivity contribution is -0.870. The summed E-state index contributed by atoms with van der Waals surface area (Å²) in [4.78, 5) is 37.4. The van der Waals surface area contributed by atoms with Crippen molar-refractivity contribution in [2.75, 3.05) is 47.5 Å². The van der Waals surface area contributed by atoms with Crippen LogP contribution >= 0.6 is 7.82 Å². The number of hydrogen-bond acceptors (Lipinski definition) is 8. The first-order chi connectivity index (χ1) is 26.0. The van der Waals surface area contributed by atoms with E-state index in [4.69, 9.17) is 18.5 Å². The molecule has 0 N–H and O–H groups in total. The van der Waals surface area contributed by atoms with Gasteiger partial charge in [-0.05, 0) is 70.6 Å². The van der Waals surface area contributed by atoms with Crippen molar-refractivity contribution in [1.82, 2.24) is 0 Å². The fourth-order valence-corrected chi connectivity index (χ4v) is 5.94. The van der Waals surface area contributed by atoms with E-state index in [1.807, 2.05) is 21.1 Å². The number of phosphoric acid groups is 1. The summed E-state index contributed by atoms with van der Waals surface area (Å²) in [6, 6.07) is 0. The van der Waals surface area contributed by atoms with Gasteiger partial charge < -0.3 is 27.9 Å². The molecule has 2 atom stereocenters. The number of carbonyl (C=O) groups is 2. The molecule has 54 heavy (non-hydrogen) atoms. The van der Waals surface area contributed by atoms with E-state index in [0.29, 0.717) is 23.9 Å². The van der Waals surface area contributed by atoms with E-state index in [1.54, 1.807) is 0 Å². The summed E-state index contributed by atoms with van der Waals surface area (Å²) >= 11 is 0. The smallest absolute Gasteiger partial charge is 0.306 e. The van der Waals surface area contributed by atoms with Gasteiger partial charge in [0.1, 0.15) is 19.8 Å². The molecule has 312 valence electrons. The lowest BCUT2D eigenvalue weighted by Gasteiger charge is -2.28. The van der Waals surface area contributed by atoms with E-state index in [2.05, 4.69) is 74.6 Å². The Kier molecular flexibility index (Phi) is 34.8. The SMILES string of the molecule is CC/C=C\C/C=C\C/C=C\C/C=C\CCCCCCCCC(=O)OC(COC(=O)CCCCCCC/C=C\CCCC)COP(=O)([O-])OCC[N+](C)(C)C. The third-order valence-corrected chi connectivity index (χ3v) is 9.49. The molecule has 0 saturated carbocycles. The molecule has 10 heteroatoms. The molecule has 0 spiro atoms. The zero-order valence-electron chi connectivity index (χ0n) is 34.9. The quantitative estimate of drug-likeness (QED) is 0.0201. The third-order valence-electron chi connectivity index (χ3n) is 8.52. The summed E-state index contributed by atoms with van der Waals surface area (Å²) in [7, 11) is 1.14. The van der Waals surface area contributed by atoms with Crippen LogP contribution in [-0.2, 0) is 32.7 Å². The molecule has 0 bridgehead atoms. The minimum absolute atomic E-state index is 0.0379. The maximum absolute atomic E-state index is 12.7. The number of esters is 2. The Bertz CT molecular complexity index is 1110. The zero-order valence-corrected chi connectivity index (χ0v) is 35.8. The number of likely N-dealkylation sites (N-methyl/N-ethyl adjacent to an activating group) is 1. The van der Waals surface area contributed by atoms with Gasteiger partial charge in [-0.15, -0.1) is 0 Å². The summed E-state index contributed by atoms with van der Waals surface area (Å²) in [5.41, 5.74) is 0. The molecule has 0 aliphatic heterocycles. The number of phosphoric ester groups is 1. The van der Waals surface area contributed by atoms with E-state index in [-0.39, 0.29) is 26.1 Å². The van der Waals surface area contributed by atoms with Crippen LogP contribution in [0, 0.1) is 0 Å². The third kappa shape index (κ3) is 39.4. The van der Waals surface area contributed by atoms with Crippen LogP contribution in [0.5, 0.6) is 0 Å². The zero-order chi connectivity index (χ0) is 40.0. The number of ether oxygens (including phenoxy) is 2. The van der Waals surface area contributed by atoms with Crippen LogP contribution in [0.15, 0.2) is 60.8 Å². The summed E-state index contributed by atoms with van der Waals surface area (Å²) in [6.45, 7) is 4.02. The van der Waals surface area contributed by atoms with Gasteiger partial charge in [-0.1, -0.05) is 132 Å². The van der Waals surface area contributed by atoms with E-state index in [9.17, 15) is 19.0 Å². The van der Waals surface area contributed by atoms with Gasteiger partial charge in [0.2, 0.25) is 0 Å². The van der Waals surface area contributed by atoms with E-state index >= 15 is 0 Å². The van der Waals surface area contributed by atoms with Crippen LogP contribution in [0.3, 0.4) is 0 Å². The van der Waals surface area contributed by atoms with Crippen LogP contribution in [-0.4, -0.2) is 70.0 Å². The summed E-state index contributed by atoms with van der Waals surface area (Å²) in [6.07, 6.45) is 42.5. The van der Waals surface area contributed by atoms with Gasteiger partial charge in [0.15, 0.2) is 6.10 Å². The standard InChI is InChI=1S/C44H78NO8P/c1-6-8-10-12-14-16-18-19-20-21-22-23-24-25-27-29-31-33-35-37-44(47)53-42(41-52-54(48,49)51-39-38-45(3,4)5)40-50-43(46)36-34-32-30-28-26-17-15-13-11-9-7-2/h8,10,13-16,19-20,22-23,42H,6-7,9,11-12,17-18,21,24-41H2,1-5H3/b10-8-,15-13-,16-14-,20-19-,23-22-. The molecular weight excluding hydrogens is 701 g/mol. The highest BCUT2D eigenvalue weighted by molar-refractivity contribution is 7.45. The first-order valence-electron chi connectivity index (χ1n) is 21.0. The lowest BCUT2D eigenvalue weighted by atomic mass is 10.1. The van der Waals surface area contributed by atoms with Crippen LogP contribution in [0.25, 0.3) is 0 Å². The highest BCUT2D eigenvalue weighted by Crippen LogP contribution is 2.38. The highest BCUT2D eigenvalue weighted by Gasteiger charge is 2.21. The van der Waals surface area contributed by atoms with Crippen molar-refractivity contribution in [1.29, 1.82) is 0 Å². The van der Waals surface area contributed by atoms with Crippen molar-refractivity contribution < 1.29 is 42.1 Å². The van der Waals surface area contributed by atoms with Gasteiger partial charge in [-0.25, -0.2) is 0 Å². The van der Waals surface area contributed by atoms with Crippen molar-refractivity contribution in [3.05, 3.63) is 60.8 Å². The first kappa shape index (κ1) is 51.7. The minimum Gasteiger partial charge on any atom is -0.756 e. The Morgan fingerprint density at radius 2 is 1.06 bits per heavy atom. The molecule has 0 aromatic carbocycles. The van der Waals surface area contributed by atoms with Gasteiger partial charge in [0.05, 0.1) is 27.7 Å². The van der Waals surface area contributed by atoms with Crippen molar-refractivity contribution >= 4 is 19.8 Å². The molecule has 0 fully saturated rings. The van der Waals surface area contributed by atoms with E-state index < -0.39 is 32.5 Å². The maximum Gasteiger partial charge on any atom is 0.306 e. The van der Waals surface area contributed by atoms with Gasteiger partial charge in [0, 0.05) is 12.8 Å². The number of quaternary nitrogens is 1. The van der Waals surface area contributed by atoms with E-state index in [0.717, 1.165) is 103 Å². The molecule has 0 heterocycles. The van der Waals surface area contributed by atoms with Crippen molar-refractivity contribution in [3.8, 4) is 0 Å². The maximum atomic E-state index is 12.7. The Morgan fingerprint density at radius 1 is 0.593 bits per heavy atom. The fraction of sp³-hybridized carbons (Fsp3) is 0.727. The molecule has 0 radical (unpaired) electrons. The number of carbonyl (C=O) groups excluding carboxylic acids is 2. The predicted molar refractivity (Wildman–Crippen MR) is 222 cm³/mol. The minimum atomic E-state index is -4.63. The summed E-state index contributed by atoms with van der Waals surface area (Å²) in [5.74, 6) is -0.868. The second-order valence-corrected chi connectivity index (χ2v) is 16.4. The molecular formula is C44H78NO8P. The molecule has 0 amide bonds. The Morgan fingerprint density at radius 3 is 1.59 bits per heavy atom. The van der Waals surface area contributed by atoms with Gasteiger partial charge in [-0.2, -0.15) is 0 Å². The normalized spacial score (nSPS) is 14.3. The first-order valence-corrected chi connectivity index (χ1v) is 22.5. The van der Waals surface area contributed by atoms with Crippen LogP contribution in [0.4, 0.5) is 0 Å². The second kappa shape index (κ2) is 36.4. The van der Waals surface area contributed by atoms with Crippen molar-refractivity contribution in [2.45, 2.75) is 161 Å². The Hall–Kier alpha value is -2.29. The van der Waals surface area contributed by atoms with Gasteiger partial charge in [-0.3, -0.25) is 14.2 Å².